The number of aryl methyl sites for hydroxylation is 1. The van der Waals surface area contributed by atoms with E-state index in [1.165, 1.54) is 0 Å². The molecule has 19 heavy (non-hydrogen) atoms. The molecule has 0 bridgehead atoms. The summed E-state index contributed by atoms with van der Waals surface area (Å²) in [5.41, 5.74) is 1.01. The molecule has 1 fully saturated rings. The van der Waals surface area contributed by atoms with Crippen LogP contribution in [0, 0.1) is 6.92 Å². The van der Waals surface area contributed by atoms with E-state index >= 15 is 0 Å². The highest BCUT2D eigenvalue weighted by molar-refractivity contribution is 5.03. The maximum absolute atomic E-state index is 9.54. The summed E-state index contributed by atoms with van der Waals surface area (Å²) in [7, 11) is 0. The van der Waals surface area contributed by atoms with Crippen LogP contribution < -0.4 is 0 Å². The molecule has 0 radical (unpaired) electrons. The number of aliphatic hydroxyl groups is 1. The quantitative estimate of drug-likeness (QED) is 0.870. The molecule has 5 nitrogen and oxygen atoms in total. The van der Waals surface area contributed by atoms with Crippen molar-refractivity contribution in [3.05, 3.63) is 17.5 Å². The van der Waals surface area contributed by atoms with Crippen molar-refractivity contribution in [2.45, 2.75) is 45.9 Å². The number of hydrogen-bond acceptors (Lipinski definition) is 5. The lowest BCUT2D eigenvalue weighted by Gasteiger charge is -2.41. The lowest BCUT2D eigenvalue weighted by atomic mass is 10.1. The number of aromatic nitrogens is 1. The SMILES string of the molecule is CC[C@H]1CN(Cc2cc(C)on2)CCN1C[C@@H](C)O. The second-order valence-electron chi connectivity index (χ2n) is 5.57. The standard InChI is InChI=1S/C14H25N3O2/c1-4-14-10-16(5-6-17(14)8-11(2)18)9-13-7-12(3)19-15-13/h7,11,14,18H,4-6,8-10H2,1-3H3/t11-,14+/m1/s1. The Hall–Kier alpha value is -0.910. The number of hydrogen-bond donors (Lipinski definition) is 1. The average molecular weight is 267 g/mol. The van der Waals surface area contributed by atoms with Crippen LogP contribution in [0.3, 0.4) is 0 Å². The predicted molar refractivity (Wildman–Crippen MR) is 73.8 cm³/mol. The fraction of sp³-hybridized carbons (Fsp3) is 0.786. The highest BCUT2D eigenvalue weighted by Crippen LogP contribution is 2.16. The van der Waals surface area contributed by atoms with E-state index in [0.717, 1.165) is 50.6 Å². The fourth-order valence-corrected chi connectivity index (χ4v) is 2.79. The molecule has 5 heteroatoms. The minimum Gasteiger partial charge on any atom is -0.392 e. The number of aliphatic hydroxyl groups excluding tert-OH is 1. The van der Waals surface area contributed by atoms with E-state index in [1.54, 1.807) is 0 Å². The van der Waals surface area contributed by atoms with Gasteiger partial charge < -0.3 is 9.63 Å². The molecule has 2 atom stereocenters. The highest BCUT2D eigenvalue weighted by Gasteiger charge is 2.26. The van der Waals surface area contributed by atoms with Crippen molar-refractivity contribution in [3.63, 3.8) is 0 Å². The highest BCUT2D eigenvalue weighted by atomic mass is 16.5. The van der Waals surface area contributed by atoms with Crippen LogP contribution >= 0.6 is 0 Å². The number of piperazine rings is 1. The zero-order valence-electron chi connectivity index (χ0n) is 12.2. The van der Waals surface area contributed by atoms with Gasteiger partial charge in [-0.25, -0.2) is 0 Å². The van der Waals surface area contributed by atoms with Gasteiger partial charge in [-0.3, -0.25) is 9.80 Å². The normalized spacial score (nSPS) is 23.7. The van der Waals surface area contributed by atoms with Gasteiger partial charge in [-0.2, -0.15) is 0 Å². The summed E-state index contributed by atoms with van der Waals surface area (Å²) >= 11 is 0. The van der Waals surface area contributed by atoms with Crippen LogP contribution in [-0.2, 0) is 6.54 Å². The van der Waals surface area contributed by atoms with Gasteiger partial charge in [-0.1, -0.05) is 12.1 Å². The van der Waals surface area contributed by atoms with Crippen molar-refractivity contribution in [3.8, 4) is 0 Å². The second-order valence-corrected chi connectivity index (χ2v) is 5.57. The molecular formula is C14H25N3O2. The third-order valence-corrected chi connectivity index (χ3v) is 3.72. The summed E-state index contributed by atoms with van der Waals surface area (Å²) in [5, 5.41) is 13.6. The molecule has 0 unspecified atom stereocenters. The lowest BCUT2D eigenvalue weighted by molar-refractivity contribution is 0.0330. The zero-order chi connectivity index (χ0) is 13.8. The third-order valence-electron chi connectivity index (χ3n) is 3.72. The topological polar surface area (TPSA) is 52.7 Å². The van der Waals surface area contributed by atoms with Crippen LogP contribution in [0.15, 0.2) is 10.6 Å². The van der Waals surface area contributed by atoms with Gasteiger partial charge in [0.1, 0.15) is 5.76 Å². The minimum atomic E-state index is -0.251. The van der Waals surface area contributed by atoms with Gasteiger partial charge in [-0.05, 0) is 20.3 Å². The van der Waals surface area contributed by atoms with Crippen molar-refractivity contribution in [1.82, 2.24) is 15.0 Å². The molecule has 2 heterocycles. The van der Waals surface area contributed by atoms with E-state index in [1.807, 2.05) is 19.9 Å². The molecule has 108 valence electrons. The first kappa shape index (κ1) is 14.5. The van der Waals surface area contributed by atoms with Gasteiger partial charge >= 0.3 is 0 Å². The molecule has 1 N–H and O–H groups in total. The van der Waals surface area contributed by atoms with Crippen molar-refractivity contribution >= 4 is 0 Å². The van der Waals surface area contributed by atoms with Crippen molar-refractivity contribution < 1.29 is 9.63 Å². The molecule has 1 saturated heterocycles. The van der Waals surface area contributed by atoms with Crippen molar-refractivity contribution in [2.24, 2.45) is 0 Å². The summed E-state index contributed by atoms with van der Waals surface area (Å²) in [6, 6.07) is 2.53. The molecule has 0 spiro atoms. The van der Waals surface area contributed by atoms with E-state index in [2.05, 4.69) is 21.9 Å². The summed E-state index contributed by atoms with van der Waals surface area (Å²) < 4.78 is 5.11. The lowest BCUT2D eigenvalue weighted by Crippen LogP contribution is -2.54. The summed E-state index contributed by atoms with van der Waals surface area (Å²) in [4.78, 5) is 4.82. The van der Waals surface area contributed by atoms with E-state index in [4.69, 9.17) is 4.52 Å². The summed E-state index contributed by atoms with van der Waals surface area (Å²) in [6.45, 7) is 10.7. The average Bonchev–Trinajstić information content (AvgIpc) is 2.76. The Labute approximate surface area is 115 Å². The largest absolute Gasteiger partial charge is 0.392 e. The van der Waals surface area contributed by atoms with Crippen LogP contribution in [0.5, 0.6) is 0 Å². The van der Waals surface area contributed by atoms with Crippen LogP contribution in [0.4, 0.5) is 0 Å². The minimum absolute atomic E-state index is 0.251. The van der Waals surface area contributed by atoms with Crippen LogP contribution in [-0.4, -0.2) is 58.4 Å². The molecule has 1 aliphatic heterocycles. The van der Waals surface area contributed by atoms with Crippen LogP contribution in [0.1, 0.15) is 31.7 Å². The van der Waals surface area contributed by atoms with Crippen molar-refractivity contribution in [1.29, 1.82) is 0 Å². The Morgan fingerprint density at radius 2 is 2.32 bits per heavy atom. The molecule has 1 aliphatic rings. The Kier molecular flexibility index (Phi) is 4.96. The first-order valence-corrected chi connectivity index (χ1v) is 7.15. The van der Waals surface area contributed by atoms with Gasteiger partial charge in [-0.15, -0.1) is 0 Å². The third kappa shape index (κ3) is 4.03. The van der Waals surface area contributed by atoms with Gasteiger partial charge in [0.05, 0.1) is 11.8 Å². The first-order valence-electron chi connectivity index (χ1n) is 7.15. The molecule has 1 aromatic heterocycles. The molecule has 1 aromatic rings. The Morgan fingerprint density at radius 3 is 2.89 bits per heavy atom. The molecule has 2 rings (SSSR count). The molecular weight excluding hydrogens is 242 g/mol. The zero-order valence-corrected chi connectivity index (χ0v) is 12.2. The van der Waals surface area contributed by atoms with Gasteiger partial charge in [0.25, 0.3) is 0 Å². The van der Waals surface area contributed by atoms with Crippen LogP contribution in [0.2, 0.25) is 0 Å². The van der Waals surface area contributed by atoms with Gasteiger partial charge in [0.2, 0.25) is 0 Å². The number of β-amino-alcohol motifs (C(OH)–C–C–N with tert-alkyl or cyclic N) is 1. The Morgan fingerprint density at radius 1 is 1.53 bits per heavy atom. The van der Waals surface area contributed by atoms with E-state index in [9.17, 15) is 5.11 Å². The van der Waals surface area contributed by atoms with Gasteiger partial charge in [0, 0.05) is 44.8 Å². The summed E-state index contributed by atoms with van der Waals surface area (Å²) in [6.07, 6.45) is 0.861. The van der Waals surface area contributed by atoms with E-state index < -0.39 is 0 Å². The first-order chi connectivity index (χ1) is 9.08. The monoisotopic (exact) mass is 267 g/mol. The van der Waals surface area contributed by atoms with E-state index in [0.29, 0.717) is 6.04 Å². The Balaban J connectivity index is 1.89. The molecule has 0 saturated carbocycles. The van der Waals surface area contributed by atoms with Gasteiger partial charge in [0.15, 0.2) is 0 Å². The Bertz CT molecular complexity index is 392. The smallest absolute Gasteiger partial charge is 0.133 e. The number of nitrogens with zero attached hydrogens (tertiary/aromatic N) is 3. The van der Waals surface area contributed by atoms with Crippen molar-refractivity contribution in [2.75, 3.05) is 26.2 Å². The second kappa shape index (κ2) is 6.50. The van der Waals surface area contributed by atoms with Crippen LogP contribution in [0.25, 0.3) is 0 Å². The maximum Gasteiger partial charge on any atom is 0.133 e. The molecule has 0 aromatic carbocycles. The maximum atomic E-state index is 9.54. The predicted octanol–water partition coefficient (Wildman–Crippen LogP) is 1.26. The molecule has 0 amide bonds. The fourth-order valence-electron chi connectivity index (χ4n) is 2.79. The van der Waals surface area contributed by atoms with E-state index in [-0.39, 0.29) is 6.10 Å². The molecule has 0 aliphatic carbocycles. The summed E-state index contributed by atoms with van der Waals surface area (Å²) in [5.74, 6) is 0.870. The number of rotatable bonds is 5.